The minimum absolute atomic E-state index is 0.0775. The number of carboxylic acid groups (broad SMARTS) is 5. The van der Waals surface area contributed by atoms with Crippen LogP contribution in [0.4, 0.5) is 0 Å². The van der Waals surface area contributed by atoms with Crippen LogP contribution in [-0.4, -0.2) is 133 Å². The molecule has 22 nitrogen and oxygen atoms in total. The summed E-state index contributed by atoms with van der Waals surface area (Å²) in [5.41, 5.74) is 0. The lowest BCUT2D eigenvalue weighted by atomic mass is 10.1. The van der Waals surface area contributed by atoms with Crippen LogP contribution in [0.25, 0.3) is 0 Å². The SMILES string of the molecule is CC(=O)NC(CS)C(=O)NCCCCCC(=O)NC(CC(=O)NC(CC(=O)NC(CC(=O)NC(CC(=O)O)C(=O)O)C(=O)O)C(=O)O)C(=O)O. The Morgan fingerprint density at radius 1 is 0.500 bits per heavy atom. The first-order valence-corrected chi connectivity index (χ1v) is 15.4. The molecular weight excluding hydrogens is 696 g/mol. The van der Waals surface area contributed by atoms with Gasteiger partial charge in [-0.1, -0.05) is 6.42 Å². The molecule has 0 aliphatic heterocycles. The molecule has 0 bridgehead atoms. The van der Waals surface area contributed by atoms with Crippen LogP contribution in [0.1, 0.15) is 58.3 Å². The van der Waals surface area contributed by atoms with E-state index < -0.39 is 121 Å². The predicted molar refractivity (Wildman–Crippen MR) is 167 cm³/mol. The highest BCUT2D eigenvalue weighted by Crippen LogP contribution is 2.04. The molecule has 0 aromatic carbocycles. The quantitative estimate of drug-likeness (QED) is 0.0314. The van der Waals surface area contributed by atoms with Crippen molar-refractivity contribution in [3.63, 3.8) is 0 Å². The zero-order valence-electron chi connectivity index (χ0n) is 26.6. The third-order valence-corrected chi connectivity index (χ3v) is 6.70. The normalized spacial score (nSPS) is 13.5. The topological polar surface area (TPSA) is 361 Å². The van der Waals surface area contributed by atoms with E-state index in [0.717, 1.165) is 0 Å². The number of amides is 6. The summed E-state index contributed by atoms with van der Waals surface area (Å²) in [5.74, 6) is -13.9. The third-order valence-electron chi connectivity index (χ3n) is 6.34. The highest BCUT2D eigenvalue weighted by Gasteiger charge is 2.31. The van der Waals surface area contributed by atoms with Gasteiger partial charge >= 0.3 is 29.8 Å². The standard InChI is InChI=1S/C27H40N6O16S/c1-12(34)29-17(11-50)23(41)28-6-4-2-3-5-18(35)30-13(24(42)43)7-19(36)31-14(25(44)45)8-20(37)32-15(26(46)47)9-21(38)33-16(27(48)49)10-22(39)40/h13-17,50H,2-11H2,1H3,(H,28,41)(H,29,34)(H,30,35)(H,31,36)(H,32,37)(H,33,38)(H,39,40)(H,42,43)(H,44,45)(H,46,47)(H,48,49). The van der Waals surface area contributed by atoms with Gasteiger partial charge in [-0.25, -0.2) is 19.2 Å². The molecule has 0 aliphatic carbocycles. The van der Waals surface area contributed by atoms with Gasteiger partial charge in [0.1, 0.15) is 30.2 Å². The summed E-state index contributed by atoms with van der Waals surface area (Å²) in [7, 11) is 0. The molecule has 0 heterocycles. The summed E-state index contributed by atoms with van der Waals surface area (Å²) in [6.45, 7) is 1.47. The molecule has 0 aromatic rings. The van der Waals surface area contributed by atoms with Crippen molar-refractivity contribution >= 4 is 77.9 Å². The van der Waals surface area contributed by atoms with Crippen molar-refractivity contribution in [1.29, 1.82) is 0 Å². The first-order valence-electron chi connectivity index (χ1n) is 14.7. The van der Waals surface area contributed by atoms with Gasteiger partial charge in [0.05, 0.1) is 25.7 Å². The number of nitrogens with one attached hydrogen (secondary N) is 6. The van der Waals surface area contributed by atoms with E-state index in [4.69, 9.17) is 10.2 Å². The van der Waals surface area contributed by atoms with Gasteiger partial charge in [-0.05, 0) is 12.8 Å². The maximum atomic E-state index is 12.4. The van der Waals surface area contributed by atoms with Gasteiger partial charge < -0.3 is 57.4 Å². The molecule has 5 unspecified atom stereocenters. The average molecular weight is 737 g/mol. The molecule has 23 heteroatoms. The molecule has 0 fully saturated rings. The molecule has 280 valence electrons. The number of unbranched alkanes of at least 4 members (excludes halogenated alkanes) is 2. The molecular formula is C27H40N6O16S. The fourth-order valence-corrected chi connectivity index (χ4v) is 4.18. The van der Waals surface area contributed by atoms with Crippen LogP contribution in [0.2, 0.25) is 0 Å². The Bertz CT molecular complexity index is 1310. The molecule has 0 radical (unpaired) electrons. The monoisotopic (exact) mass is 736 g/mol. The Kier molecular flexibility index (Phi) is 20.5. The van der Waals surface area contributed by atoms with Crippen molar-refractivity contribution in [2.24, 2.45) is 0 Å². The van der Waals surface area contributed by atoms with Crippen LogP contribution in [-0.2, 0) is 52.7 Å². The molecule has 6 amide bonds. The lowest BCUT2D eigenvalue weighted by molar-refractivity contribution is -0.148. The molecule has 11 N–H and O–H groups in total. The third kappa shape index (κ3) is 19.4. The highest BCUT2D eigenvalue weighted by atomic mass is 32.1. The molecule has 5 atom stereocenters. The Morgan fingerprint density at radius 3 is 1.22 bits per heavy atom. The van der Waals surface area contributed by atoms with E-state index >= 15 is 0 Å². The van der Waals surface area contributed by atoms with E-state index in [9.17, 15) is 68.1 Å². The Balaban J connectivity index is 4.97. The van der Waals surface area contributed by atoms with Gasteiger partial charge in [0.2, 0.25) is 35.4 Å². The van der Waals surface area contributed by atoms with Crippen LogP contribution in [0.5, 0.6) is 0 Å². The molecule has 0 saturated heterocycles. The van der Waals surface area contributed by atoms with Crippen molar-refractivity contribution in [2.75, 3.05) is 12.3 Å². The molecule has 0 saturated carbocycles. The number of carbonyl (C=O) groups is 11. The van der Waals surface area contributed by atoms with Crippen molar-refractivity contribution in [3.05, 3.63) is 0 Å². The number of hydrogen-bond donors (Lipinski definition) is 12. The fraction of sp³-hybridized carbons (Fsp3) is 0.593. The van der Waals surface area contributed by atoms with Crippen LogP contribution in [0.3, 0.4) is 0 Å². The van der Waals surface area contributed by atoms with Gasteiger partial charge in [0.15, 0.2) is 0 Å². The lowest BCUT2D eigenvalue weighted by Crippen LogP contribution is -2.51. The minimum atomic E-state index is -2.03. The van der Waals surface area contributed by atoms with E-state index in [0.29, 0.717) is 12.8 Å². The maximum Gasteiger partial charge on any atom is 0.326 e. The minimum Gasteiger partial charge on any atom is -0.481 e. The van der Waals surface area contributed by atoms with Gasteiger partial charge in [-0.15, -0.1) is 0 Å². The molecule has 50 heavy (non-hydrogen) atoms. The second-order valence-electron chi connectivity index (χ2n) is 10.6. The van der Waals surface area contributed by atoms with E-state index in [1.54, 1.807) is 5.32 Å². The van der Waals surface area contributed by atoms with E-state index in [2.05, 4.69) is 28.6 Å². The summed E-state index contributed by atoms with van der Waals surface area (Å²) in [4.78, 5) is 129. The van der Waals surface area contributed by atoms with Crippen molar-refractivity contribution in [2.45, 2.75) is 88.5 Å². The van der Waals surface area contributed by atoms with Crippen molar-refractivity contribution in [3.8, 4) is 0 Å². The highest BCUT2D eigenvalue weighted by molar-refractivity contribution is 7.80. The number of carboxylic acids is 5. The average Bonchev–Trinajstić information content (AvgIpc) is 2.99. The van der Waals surface area contributed by atoms with Crippen molar-refractivity contribution < 1.29 is 78.3 Å². The Hall–Kier alpha value is -5.48. The molecule has 0 aromatic heterocycles. The van der Waals surface area contributed by atoms with Crippen LogP contribution in [0.15, 0.2) is 0 Å². The second kappa shape index (κ2) is 23.0. The number of aliphatic carboxylic acids is 5. The van der Waals surface area contributed by atoms with Crippen molar-refractivity contribution in [1.82, 2.24) is 31.9 Å². The summed E-state index contributed by atoms with van der Waals surface area (Å²) >= 11 is 3.99. The zero-order valence-corrected chi connectivity index (χ0v) is 27.5. The smallest absolute Gasteiger partial charge is 0.326 e. The van der Waals surface area contributed by atoms with E-state index in [1.807, 2.05) is 10.6 Å². The fourth-order valence-electron chi connectivity index (χ4n) is 3.92. The van der Waals surface area contributed by atoms with Gasteiger partial charge in [-0.2, -0.15) is 12.6 Å². The predicted octanol–water partition coefficient (Wildman–Crippen LogP) is -3.98. The summed E-state index contributed by atoms with van der Waals surface area (Å²) in [5, 5.41) is 58.5. The first-order chi connectivity index (χ1) is 23.3. The van der Waals surface area contributed by atoms with Crippen LogP contribution < -0.4 is 31.9 Å². The first kappa shape index (κ1) is 44.5. The molecule has 0 aliphatic rings. The number of hydrogen-bond acceptors (Lipinski definition) is 12. The summed E-state index contributed by atoms with van der Waals surface area (Å²) in [6, 6.07) is -8.60. The van der Waals surface area contributed by atoms with Gasteiger partial charge in [0, 0.05) is 25.6 Å². The number of carbonyl (C=O) groups excluding carboxylic acids is 6. The number of thiol groups is 1. The zero-order chi connectivity index (χ0) is 38.6. The summed E-state index contributed by atoms with van der Waals surface area (Å²) < 4.78 is 0. The summed E-state index contributed by atoms with van der Waals surface area (Å²) in [6.07, 6.45) is -3.22. The van der Waals surface area contributed by atoms with Crippen LogP contribution >= 0.6 is 12.6 Å². The lowest BCUT2D eigenvalue weighted by Gasteiger charge is -2.19. The van der Waals surface area contributed by atoms with Crippen LogP contribution in [0, 0.1) is 0 Å². The molecule has 0 rings (SSSR count). The number of rotatable bonds is 25. The Labute approximate surface area is 288 Å². The van der Waals surface area contributed by atoms with Gasteiger partial charge in [0.25, 0.3) is 0 Å². The largest absolute Gasteiger partial charge is 0.481 e. The van der Waals surface area contributed by atoms with E-state index in [1.165, 1.54) is 6.92 Å². The molecule has 0 spiro atoms. The Morgan fingerprint density at radius 2 is 0.880 bits per heavy atom. The van der Waals surface area contributed by atoms with Gasteiger partial charge in [-0.3, -0.25) is 33.6 Å². The maximum absolute atomic E-state index is 12.4. The second-order valence-corrected chi connectivity index (χ2v) is 10.9. The van der Waals surface area contributed by atoms with E-state index in [-0.39, 0.29) is 25.1 Å².